The minimum atomic E-state index is -0.868. The molecule has 1 fully saturated rings. The summed E-state index contributed by atoms with van der Waals surface area (Å²) in [6, 6.07) is -0.244. The fourth-order valence-corrected chi connectivity index (χ4v) is 2.56. The number of urea groups is 1. The number of amides is 2. The van der Waals surface area contributed by atoms with Gasteiger partial charge in [0.15, 0.2) is 0 Å². The zero-order valence-electron chi connectivity index (χ0n) is 12.5. The number of aliphatic carboxylic acids is 1. The lowest BCUT2D eigenvalue weighted by atomic mass is 10.00. The number of rotatable bonds is 4. The van der Waals surface area contributed by atoms with Crippen LogP contribution in [-0.4, -0.2) is 44.4 Å². The number of hydrogen-bond acceptors (Lipinski definition) is 3. The van der Waals surface area contributed by atoms with Crippen molar-refractivity contribution >= 4 is 17.7 Å². The Balaban J connectivity index is 2.01. The largest absolute Gasteiger partial charge is 0.481 e. The molecule has 116 valence electrons. The Bertz CT molecular complexity index is 512. The molecule has 0 aromatic carbocycles. The van der Waals surface area contributed by atoms with E-state index < -0.39 is 5.97 Å². The molecular weight excluding hydrogens is 272 g/mol. The third kappa shape index (κ3) is 3.96. The molecule has 2 amide bonds. The summed E-state index contributed by atoms with van der Waals surface area (Å²) in [7, 11) is 0. The standard InChI is InChI=1S/C14H22N4O3/c1-10(2)18-9-11(8-15-18)16-14(21)17-6-4-3-5-12(17)7-13(19)20/h8-10,12H,3-7H2,1-2H3,(H,16,21)(H,19,20). The van der Waals surface area contributed by atoms with Crippen molar-refractivity contribution in [3.05, 3.63) is 12.4 Å². The molecule has 1 unspecified atom stereocenters. The van der Waals surface area contributed by atoms with Crippen LogP contribution in [0, 0.1) is 0 Å². The summed E-state index contributed by atoms with van der Waals surface area (Å²) >= 11 is 0. The Morgan fingerprint density at radius 3 is 2.86 bits per heavy atom. The van der Waals surface area contributed by atoms with Crippen LogP contribution >= 0.6 is 0 Å². The molecule has 2 N–H and O–H groups in total. The molecule has 21 heavy (non-hydrogen) atoms. The van der Waals surface area contributed by atoms with E-state index in [0.717, 1.165) is 19.3 Å². The van der Waals surface area contributed by atoms with E-state index in [0.29, 0.717) is 12.2 Å². The lowest BCUT2D eigenvalue weighted by Gasteiger charge is -2.34. The molecule has 0 spiro atoms. The highest BCUT2D eigenvalue weighted by molar-refractivity contribution is 5.89. The van der Waals surface area contributed by atoms with Gasteiger partial charge in [-0.3, -0.25) is 9.48 Å². The van der Waals surface area contributed by atoms with E-state index in [9.17, 15) is 9.59 Å². The molecule has 7 nitrogen and oxygen atoms in total. The number of likely N-dealkylation sites (tertiary alicyclic amines) is 1. The Hall–Kier alpha value is -2.05. The number of nitrogens with zero attached hydrogens (tertiary/aromatic N) is 3. The van der Waals surface area contributed by atoms with Crippen LogP contribution in [0.15, 0.2) is 12.4 Å². The maximum atomic E-state index is 12.3. The minimum absolute atomic E-state index is 0.00131. The van der Waals surface area contributed by atoms with Crippen LogP contribution < -0.4 is 5.32 Å². The number of nitrogens with one attached hydrogen (secondary N) is 1. The molecule has 7 heteroatoms. The summed E-state index contributed by atoms with van der Waals surface area (Å²) in [6.07, 6.45) is 6.00. The Morgan fingerprint density at radius 1 is 1.48 bits per heavy atom. The Kier molecular flexibility index (Phi) is 4.82. The third-order valence-electron chi connectivity index (χ3n) is 3.68. The van der Waals surface area contributed by atoms with E-state index >= 15 is 0 Å². The second-order valence-electron chi connectivity index (χ2n) is 5.67. The number of carbonyl (C=O) groups excluding carboxylic acids is 1. The van der Waals surface area contributed by atoms with Crippen molar-refractivity contribution in [2.24, 2.45) is 0 Å². The van der Waals surface area contributed by atoms with Crippen molar-refractivity contribution in [2.75, 3.05) is 11.9 Å². The molecule has 0 saturated carbocycles. The fourth-order valence-electron chi connectivity index (χ4n) is 2.56. The van der Waals surface area contributed by atoms with Gasteiger partial charge in [-0.15, -0.1) is 0 Å². The molecule has 1 aromatic heterocycles. The van der Waals surface area contributed by atoms with Crippen LogP contribution in [0.2, 0.25) is 0 Å². The molecule has 2 heterocycles. The first kappa shape index (κ1) is 15.3. The molecule has 1 saturated heterocycles. The van der Waals surface area contributed by atoms with E-state index in [1.54, 1.807) is 22.0 Å². The van der Waals surface area contributed by atoms with E-state index in [2.05, 4.69) is 10.4 Å². The lowest BCUT2D eigenvalue weighted by Crippen LogP contribution is -2.46. The van der Waals surface area contributed by atoms with Crippen LogP contribution in [0.5, 0.6) is 0 Å². The lowest BCUT2D eigenvalue weighted by molar-refractivity contribution is -0.138. The van der Waals surface area contributed by atoms with Crippen molar-refractivity contribution in [3.8, 4) is 0 Å². The topological polar surface area (TPSA) is 87.5 Å². The Labute approximate surface area is 123 Å². The highest BCUT2D eigenvalue weighted by Crippen LogP contribution is 2.21. The molecule has 0 radical (unpaired) electrons. The molecule has 0 aliphatic carbocycles. The first-order valence-electron chi connectivity index (χ1n) is 7.31. The van der Waals surface area contributed by atoms with E-state index in [4.69, 9.17) is 5.11 Å². The van der Waals surface area contributed by atoms with Gasteiger partial charge in [-0.2, -0.15) is 5.10 Å². The van der Waals surface area contributed by atoms with Crippen molar-refractivity contribution in [3.63, 3.8) is 0 Å². The average Bonchev–Trinajstić information content (AvgIpc) is 2.87. The molecule has 2 rings (SSSR count). The highest BCUT2D eigenvalue weighted by atomic mass is 16.4. The van der Waals surface area contributed by atoms with Crippen molar-refractivity contribution in [1.82, 2.24) is 14.7 Å². The average molecular weight is 294 g/mol. The van der Waals surface area contributed by atoms with Gasteiger partial charge in [-0.1, -0.05) is 0 Å². The number of carboxylic acids is 1. The smallest absolute Gasteiger partial charge is 0.322 e. The van der Waals surface area contributed by atoms with Crippen molar-refractivity contribution < 1.29 is 14.7 Å². The van der Waals surface area contributed by atoms with Crippen LogP contribution in [0.4, 0.5) is 10.5 Å². The predicted molar refractivity (Wildman–Crippen MR) is 78.2 cm³/mol. The first-order chi connectivity index (χ1) is 9.97. The quantitative estimate of drug-likeness (QED) is 0.892. The predicted octanol–water partition coefficient (Wildman–Crippen LogP) is 2.33. The highest BCUT2D eigenvalue weighted by Gasteiger charge is 2.28. The van der Waals surface area contributed by atoms with Gasteiger partial charge in [0.2, 0.25) is 0 Å². The number of carboxylic acid groups (broad SMARTS) is 1. The van der Waals surface area contributed by atoms with Gasteiger partial charge in [0.1, 0.15) is 0 Å². The zero-order valence-corrected chi connectivity index (χ0v) is 12.5. The molecule has 1 aromatic rings. The van der Waals surface area contributed by atoms with E-state index in [1.807, 2.05) is 13.8 Å². The van der Waals surface area contributed by atoms with Crippen LogP contribution in [0.1, 0.15) is 45.6 Å². The van der Waals surface area contributed by atoms with Crippen LogP contribution in [0.3, 0.4) is 0 Å². The molecule has 1 aliphatic rings. The molecule has 1 aliphatic heterocycles. The summed E-state index contributed by atoms with van der Waals surface area (Å²) in [4.78, 5) is 24.9. The summed E-state index contributed by atoms with van der Waals surface area (Å²) in [5.74, 6) is -0.868. The van der Waals surface area contributed by atoms with E-state index in [1.165, 1.54) is 0 Å². The number of anilines is 1. The normalized spacial score (nSPS) is 18.8. The monoisotopic (exact) mass is 294 g/mol. The van der Waals surface area contributed by atoms with Crippen LogP contribution in [-0.2, 0) is 4.79 Å². The Morgan fingerprint density at radius 2 is 2.24 bits per heavy atom. The second kappa shape index (κ2) is 6.60. The number of carbonyl (C=O) groups is 2. The van der Waals surface area contributed by atoms with Crippen LogP contribution in [0.25, 0.3) is 0 Å². The molecule has 1 atom stereocenters. The molecular formula is C14H22N4O3. The summed E-state index contributed by atoms with van der Waals surface area (Å²) < 4.78 is 1.76. The summed E-state index contributed by atoms with van der Waals surface area (Å²) in [5.41, 5.74) is 0.633. The van der Waals surface area contributed by atoms with Gasteiger partial charge < -0.3 is 15.3 Å². The summed E-state index contributed by atoms with van der Waals surface area (Å²) in [6.45, 7) is 4.61. The van der Waals surface area contributed by atoms with Gasteiger partial charge in [0.05, 0.1) is 18.3 Å². The minimum Gasteiger partial charge on any atom is -0.481 e. The zero-order chi connectivity index (χ0) is 15.4. The number of aromatic nitrogens is 2. The maximum Gasteiger partial charge on any atom is 0.322 e. The SMILES string of the molecule is CC(C)n1cc(NC(=O)N2CCCCC2CC(=O)O)cn1. The van der Waals surface area contributed by atoms with Crippen molar-refractivity contribution in [1.29, 1.82) is 0 Å². The third-order valence-corrected chi connectivity index (χ3v) is 3.68. The van der Waals surface area contributed by atoms with Gasteiger partial charge >= 0.3 is 12.0 Å². The number of hydrogen-bond donors (Lipinski definition) is 2. The van der Waals surface area contributed by atoms with E-state index in [-0.39, 0.29) is 24.5 Å². The van der Waals surface area contributed by atoms with Gasteiger partial charge in [0.25, 0.3) is 0 Å². The maximum absolute atomic E-state index is 12.3. The second-order valence-corrected chi connectivity index (χ2v) is 5.67. The number of piperidine rings is 1. The van der Waals surface area contributed by atoms with Gasteiger partial charge in [-0.05, 0) is 33.1 Å². The fraction of sp³-hybridized carbons (Fsp3) is 0.643. The van der Waals surface area contributed by atoms with Gasteiger partial charge in [-0.25, -0.2) is 4.79 Å². The first-order valence-corrected chi connectivity index (χ1v) is 7.31. The van der Waals surface area contributed by atoms with Crippen molar-refractivity contribution in [2.45, 2.75) is 51.6 Å². The molecule has 0 bridgehead atoms. The van der Waals surface area contributed by atoms with Gasteiger partial charge in [0, 0.05) is 24.8 Å². The summed E-state index contributed by atoms with van der Waals surface area (Å²) in [5, 5.41) is 15.9.